The fourth-order valence-corrected chi connectivity index (χ4v) is 1.26. The lowest BCUT2D eigenvalue weighted by Gasteiger charge is -2.15. The number of pyridine rings is 1. The number of aromatic nitrogens is 1. The zero-order valence-corrected chi connectivity index (χ0v) is 9.53. The van der Waals surface area contributed by atoms with E-state index in [1.807, 2.05) is 0 Å². The summed E-state index contributed by atoms with van der Waals surface area (Å²) in [5, 5.41) is 19.0. The van der Waals surface area contributed by atoms with Crippen LogP contribution in [0.4, 0.5) is 5.82 Å². The number of aliphatic hydroxyl groups excluding tert-OH is 2. The number of hydrogen-bond donors (Lipinski definition) is 4. The molecule has 0 fully saturated rings. The van der Waals surface area contributed by atoms with Crippen LogP contribution >= 0.6 is 0 Å². The van der Waals surface area contributed by atoms with Gasteiger partial charge in [0, 0.05) is 11.8 Å². The number of carbonyl (C=O) groups excluding carboxylic acids is 2. The van der Waals surface area contributed by atoms with Crippen molar-refractivity contribution in [2.75, 3.05) is 12.8 Å². The SMILES string of the molecule is COC(=O)c1cc(C(O)C(O)C(N)=O)cnc1N. The summed E-state index contributed by atoms with van der Waals surface area (Å²) in [4.78, 5) is 25.7. The first-order valence-corrected chi connectivity index (χ1v) is 4.87. The fraction of sp³-hybridized carbons (Fsp3) is 0.300. The Morgan fingerprint density at radius 2 is 2.06 bits per heavy atom. The van der Waals surface area contributed by atoms with Crippen LogP contribution in [0.15, 0.2) is 12.3 Å². The van der Waals surface area contributed by atoms with Gasteiger partial charge in [0.05, 0.1) is 7.11 Å². The summed E-state index contributed by atoms with van der Waals surface area (Å²) in [7, 11) is 1.16. The van der Waals surface area contributed by atoms with Crippen LogP contribution in [0.3, 0.4) is 0 Å². The Kier molecular flexibility index (Phi) is 4.18. The molecule has 2 unspecified atom stereocenters. The number of methoxy groups -OCH3 is 1. The zero-order valence-electron chi connectivity index (χ0n) is 9.53. The van der Waals surface area contributed by atoms with Crippen LogP contribution in [0.25, 0.3) is 0 Å². The van der Waals surface area contributed by atoms with Gasteiger partial charge in [-0.2, -0.15) is 0 Å². The molecule has 1 amide bonds. The van der Waals surface area contributed by atoms with Gasteiger partial charge in [-0.1, -0.05) is 0 Å². The number of ether oxygens (including phenoxy) is 1. The summed E-state index contributed by atoms with van der Waals surface area (Å²) >= 11 is 0. The van der Waals surface area contributed by atoms with E-state index < -0.39 is 24.1 Å². The van der Waals surface area contributed by atoms with Gasteiger partial charge < -0.3 is 26.4 Å². The maximum atomic E-state index is 11.3. The molecule has 1 aromatic heterocycles. The van der Waals surface area contributed by atoms with Crippen LogP contribution in [-0.4, -0.2) is 40.3 Å². The summed E-state index contributed by atoms with van der Waals surface area (Å²) in [5.74, 6) is -1.94. The second-order valence-corrected chi connectivity index (χ2v) is 3.49. The molecular weight excluding hydrogens is 242 g/mol. The van der Waals surface area contributed by atoms with Crippen LogP contribution in [0.1, 0.15) is 22.0 Å². The third-order valence-corrected chi connectivity index (χ3v) is 2.28. The van der Waals surface area contributed by atoms with Crippen molar-refractivity contribution in [2.45, 2.75) is 12.2 Å². The number of esters is 1. The van der Waals surface area contributed by atoms with Crippen molar-refractivity contribution in [1.82, 2.24) is 4.98 Å². The minimum absolute atomic E-state index is 0.0240. The Labute approximate surface area is 102 Å². The van der Waals surface area contributed by atoms with Crippen LogP contribution < -0.4 is 11.5 Å². The van der Waals surface area contributed by atoms with Gasteiger partial charge in [0.1, 0.15) is 17.5 Å². The van der Waals surface area contributed by atoms with Gasteiger partial charge in [-0.15, -0.1) is 0 Å². The molecule has 0 radical (unpaired) electrons. The lowest BCUT2D eigenvalue weighted by molar-refractivity contribution is -0.131. The summed E-state index contributed by atoms with van der Waals surface area (Å²) in [6.45, 7) is 0. The number of rotatable bonds is 4. The number of hydrogen-bond acceptors (Lipinski definition) is 7. The number of anilines is 1. The number of nitrogens with zero attached hydrogens (tertiary/aromatic N) is 1. The number of nitrogen functional groups attached to an aromatic ring is 1. The smallest absolute Gasteiger partial charge is 0.341 e. The third kappa shape index (κ3) is 2.73. The molecule has 8 heteroatoms. The number of carbonyl (C=O) groups is 2. The van der Waals surface area contributed by atoms with E-state index in [4.69, 9.17) is 11.5 Å². The Hall–Kier alpha value is -2.19. The van der Waals surface area contributed by atoms with Gasteiger partial charge in [0.2, 0.25) is 5.91 Å². The predicted octanol–water partition coefficient (Wildman–Crippen LogP) is -1.67. The van der Waals surface area contributed by atoms with E-state index in [-0.39, 0.29) is 16.9 Å². The minimum atomic E-state index is -1.80. The van der Waals surface area contributed by atoms with Crippen LogP contribution in [0, 0.1) is 0 Å². The van der Waals surface area contributed by atoms with Gasteiger partial charge in [0.25, 0.3) is 0 Å². The first-order chi connectivity index (χ1) is 8.38. The quantitative estimate of drug-likeness (QED) is 0.470. The average Bonchev–Trinajstić information content (AvgIpc) is 2.36. The molecule has 0 bridgehead atoms. The van der Waals surface area contributed by atoms with E-state index in [1.54, 1.807) is 0 Å². The van der Waals surface area contributed by atoms with E-state index in [0.29, 0.717) is 0 Å². The van der Waals surface area contributed by atoms with Gasteiger partial charge in [-0.3, -0.25) is 4.79 Å². The highest BCUT2D eigenvalue weighted by Crippen LogP contribution is 2.20. The zero-order chi connectivity index (χ0) is 13.9. The van der Waals surface area contributed by atoms with Crippen molar-refractivity contribution in [3.63, 3.8) is 0 Å². The van der Waals surface area contributed by atoms with E-state index in [0.717, 1.165) is 13.3 Å². The standard InChI is InChI=1S/C10H13N3O5/c1-18-10(17)5-2-4(3-13-8(5)11)6(14)7(15)9(12)16/h2-3,6-7,14-15H,1H3,(H2,11,13)(H2,12,16). The van der Waals surface area contributed by atoms with Crippen molar-refractivity contribution in [2.24, 2.45) is 5.73 Å². The summed E-state index contributed by atoms with van der Waals surface area (Å²) < 4.78 is 4.47. The summed E-state index contributed by atoms with van der Waals surface area (Å²) in [6, 6.07) is 1.17. The Bertz CT molecular complexity index is 477. The molecule has 0 spiro atoms. The Balaban J connectivity index is 3.12. The molecule has 1 aromatic rings. The summed E-state index contributed by atoms with van der Waals surface area (Å²) in [6.07, 6.45) is -2.28. The van der Waals surface area contributed by atoms with Crippen LogP contribution in [0.2, 0.25) is 0 Å². The van der Waals surface area contributed by atoms with E-state index in [9.17, 15) is 19.8 Å². The first-order valence-electron chi connectivity index (χ1n) is 4.87. The van der Waals surface area contributed by atoms with E-state index in [1.165, 1.54) is 6.07 Å². The molecule has 6 N–H and O–H groups in total. The third-order valence-electron chi connectivity index (χ3n) is 2.28. The number of nitrogens with two attached hydrogens (primary N) is 2. The highest BCUT2D eigenvalue weighted by atomic mass is 16.5. The average molecular weight is 255 g/mol. The summed E-state index contributed by atoms with van der Waals surface area (Å²) in [5.41, 5.74) is 10.2. The van der Waals surface area contributed by atoms with Gasteiger partial charge in [-0.05, 0) is 6.07 Å². The number of aliphatic hydroxyl groups is 2. The van der Waals surface area contributed by atoms with E-state index in [2.05, 4.69) is 9.72 Å². The highest BCUT2D eigenvalue weighted by Gasteiger charge is 2.25. The van der Waals surface area contributed by atoms with Crippen LogP contribution in [-0.2, 0) is 9.53 Å². The van der Waals surface area contributed by atoms with Crippen molar-refractivity contribution in [3.8, 4) is 0 Å². The minimum Gasteiger partial charge on any atom is -0.465 e. The molecular formula is C10H13N3O5. The first kappa shape index (κ1) is 13.9. The topological polar surface area (TPSA) is 149 Å². The largest absolute Gasteiger partial charge is 0.465 e. The lowest BCUT2D eigenvalue weighted by atomic mass is 10.0. The second-order valence-electron chi connectivity index (χ2n) is 3.49. The molecule has 1 heterocycles. The monoisotopic (exact) mass is 255 g/mol. The molecule has 2 atom stereocenters. The second kappa shape index (κ2) is 5.43. The van der Waals surface area contributed by atoms with E-state index >= 15 is 0 Å². The molecule has 0 aliphatic rings. The number of primary amides is 1. The maximum absolute atomic E-state index is 11.3. The van der Waals surface area contributed by atoms with Gasteiger partial charge in [-0.25, -0.2) is 9.78 Å². The Morgan fingerprint density at radius 3 is 2.56 bits per heavy atom. The van der Waals surface area contributed by atoms with Crippen molar-refractivity contribution < 1.29 is 24.5 Å². The van der Waals surface area contributed by atoms with Gasteiger partial charge >= 0.3 is 5.97 Å². The van der Waals surface area contributed by atoms with Crippen molar-refractivity contribution >= 4 is 17.7 Å². The fourth-order valence-electron chi connectivity index (χ4n) is 1.26. The molecule has 0 aromatic carbocycles. The van der Waals surface area contributed by atoms with Crippen molar-refractivity contribution in [3.05, 3.63) is 23.4 Å². The molecule has 98 valence electrons. The molecule has 8 nitrogen and oxygen atoms in total. The molecule has 1 rings (SSSR count). The Morgan fingerprint density at radius 1 is 1.44 bits per heavy atom. The molecule has 0 aliphatic carbocycles. The van der Waals surface area contributed by atoms with Crippen molar-refractivity contribution in [1.29, 1.82) is 0 Å². The normalized spacial score (nSPS) is 13.7. The molecule has 0 saturated heterocycles. The predicted molar refractivity (Wildman–Crippen MR) is 60.1 cm³/mol. The number of amides is 1. The maximum Gasteiger partial charge on any atom is 0.341 e. The lowest BCUT2D eigenvalue weighted by Crippen LogP contribution is -2.34. The molecule has 0 aliphatic heterocycles. The highest BCUT2D eigenvalue weighted by molar-refractivity contribution is 5.94. The molecule has 18 heavy (non-hydrogen) atoms. The van der Waals surface area contributed by atoms with Crippen LogP contribution in [0.5, 0.6) is 0 Å². The molecule has 0 saturated carbocycles. The van der Waals surface area contributed by atoms with Gasteiger partial charge in [0.15, 0.2) is 6.10 Å².